The van der Waals surface area contributed by atoms with Gasteiger partial charge in [-0.15, -0.1) is 0 Å². The molecule has 3 aromatic rings. The molecule has 0 aliphatic carbocycles. The Morgan fingerprint density at radius 3 is 2.23 bits per heavy atom. The summed E-state index contributed by atoms with van der Waals surface area (Å²) >= 11 is 0. The molecule has 0 amide bonds. The highest BCUT2D eigenvalue weighted by Gasteiger charge is 2.02. The van der Waals surface area contributed by atoms with Gasteiger partial charge in [0.15, 0.2) is 0 Å². The van der Waals surface area contributed by atoms with E-state index in [0.29, 0.717) is 12.5 Å². The minimum Gasteiger partial charge on any atom is -0.483 e. The number of rotatable bonds is 6. The van der Waals surface area contributed by atoms with Crippen molar-refractivity contribution in [3.05, 3.63) is 83.9 Å². The molecule has 0 aliphatic rings. The quantitative estimate of drug-likeness (QED) is 0.638. The lowest BCUT2D eigenvalue weighted by Crippen LogP contribution is -1.98. The minimum absolute atomic E-state index is 0.250. The Balaban J connectivity index is 0.000000758. The van der Waals surface area contributed by atoms with E-state index in [1.165, 1.54) is 12.0 Å². The van der Waals surface area contributed by atoms with Crippen molar-refractivity contribution in [3.8, 4) is 17.1 Å². The number of nitrogens with zero attached hydrogens (tertiary/aromatic N) is 1. The fraction of sp³-hybridized carbons (Fsp3) is 0.182. The first-order valence-corrected chi connectivity index (χ1v) is 8.57. The number of carbonyl (C=O) groups is 1. The van der Waals surface area contributed by atoms with Gasteiger partial charge in [0.2, 0.25) is 5.88 Å². The fourth-order valence-electron chi connectivity index (χ4n) is 2.51. The van der Waals surface area contributed by atoms with Crippen LogP contribution in [0.2, 0.25) is 0 Å². The molecule has 26 heavy (non-hydrogen) atoms. The molecule has 0 spiro atoms. The van der Waals surface area contributed by atoms with Crippen LogP contribution in [-0.2, 0) is 17.8 Å². The maximum atomic E-state index is 8.36. The van der Waals surface area contributed by atoms with Crippen molar-refractivity contribution in [2.45, 2.75) is 26.4 Å². The molecule has 0 atom stereocenters. The SMILES string of the molecule is CCCc1ccc(COc2cccc(-c3ccccc3)n2)cc1.O=CO. The van der Waals surface area contributed by atoms with E-state index in [-0.39, 0.29) is 6.47 Å². The average Bonchev–Trinajstić information content (AvgIpc) is 2.69. The summed E-state index contributed by atoms with van der Waals surface area (Å²) in [4.78, 5) is 12.9. The van der Waals surface area contributed by atoms with Crippen LogP contribution in [0.1, 0.15) is 24.5 Å². The number of ether oxygens (including phenoxy) is 1. The second kappa shape index (κ2) is 10.7. The first kappa shape index (κ1) is 19.2. The Hall–Kier alpha value is -3.14. The Bertz CT molecular complexity index is 786. The number of pyridine rings is 1. The molecule has 4 nitrogen and oxygen atoms in total. The van der Waals surface area contributed by atoms with E-state index in [2.05, 4.69) is 48.3 Å². The number of hydrogen-bond acceptors (Lipinski definition) is 3. The topological polar surface area (TPSA) is 59.4 Å². The second-order valence-electron chi connectivity index (χ2n) is 5.69. The molecule has 0 fully saturated rings. The Kier molecular flexibility index (Phi) is 7.87. The number of benzene rings is 2. The van der Waals surface area contributed by atoms with E-state index in [0.717, 1.165) is 23.2 Å². The maximum Gasteiger partial charge on any atom is 0.290 e. The lowest BCUT2D eigenvalue weighted by molar-refractivity contribution is -0.122. The first-order chi connectivity index (χ1) is 12.8. The van der Waals surface area contributed by atoms with Crippen LogP contribution < -0.4 is 4.74 Å². The van der Waals surface area contributed by atoms with E-state index in [9.17, 15) is 0 Å². The van der Waals surface area contributed by atoms with Crippen molar-refractivity contribution in [2.75, 3.05) is 0 Å². The normalized spacial score (nSPS) is 9.73. The zero-order chi connectivity index (χ0) is 18.6. The summed E-state index contributed by atoms with van der Waals surface area (Å²) in [5.41, 5.74) is 4.57. The predicted molar refractivity (Wildman–Crippen MR) is 103 cm³/mol. The van der Waals surface area contributed by atoms with Crippen LogP contribution in [0.3, 0.4) is 0 Å². The molecule has 134 valence electrons. The molecule has 3 rings (SSSR count). The highest BCUT2D eigenvalue weighted by Crippen LogP contribution is 2.20. The third kappa shape index (κ3) is 6.06. The van der Waals surface area contributed by atoms with Gasteiger partial charge in [0.05, 0.1) is 5.69 Å². The lowest BCUT2D eigenvalue weighted by atomic mass is 10.1. The number of carboxylic acid groups (broad SMARTS) is 1. The first-order valence-electron chi connectivity index (χ1n) is 8.57. The summed E-state index contributed by atoms with van der Waals surface area (Å²) in [6.45, 7) is 2.49. The molecule has 0 saturated heterocycles. The zero-order valence-electron chi connectivity index (χ0n) is 14.8. The molecule has 0 bridgehead atoms. The maximum absolute atomic E-state index is 8.36. The lowest BCUT2D eigenvalue weighted by Gasteiger charge is -2.08. The smallest absolute Gasteiger partial charge is 0.290 e. The summed E-state index contributed by atoms with van der Waals surface area (Å²) in [5.74, 6) is 0.656. The molecular weight excluding hydrogens is 326 g/mol. The standard InChI is InChI=1S/C21H21NO.CH2O2/c1-2-7-17-12-14-18(15-13-17)16-23-21-11-6-10-20(22-21)19-8-4-3-5-9-19;2-1-3/h3-6,8-15H,2,7,16H2,1H3;1H,(H,2,3). The molecule has 1 N–H and O–H groups in total. The number of hydrogen-bond donors (Lipinski definition) is 1. The Labute approximate surface area is 154 Å². The molecular formula is C22H23NO3. The van der Waals surface area contributed by atoms with E-state index < -0.39 is 0 Å². The van der Waals surface area contributed by atoms with Gasteiger partial charge in [0.1, 0.15) is 6.61 Å². The third-order valence-corrected chi connectivity index (χ3v) is 3.74. The van der Waals surface area contributed by atoms with Gasteiger partial charge < -0.3 is 9.84 Å². The summed E-state index contributed by atoms with van der Waals surface area (Å²) in [6.07, 6.45) is 2.30. The van der Waals surface area contributed by atoms with Crippen LogP contribution in [0.5, 0.6) is 5.88 Å². The van der Waals surface area contributed by atoms with Crippen LogP contribution in [0.4, 0.5) is 0 Å². The molecule has 4 heteroatoms. The van der Waals surface area contributed by atoms with E-state index in [1.807, 2.05) is 36.4 Å². The summed E-state index contributed by atoms with van der Waals surface area (Å²) in [7, 11) is 0. The minimum atomic E-state index is -0.250. The highest BCUT2D eigenvalue weighted by molar-refractivity contribution is 5.59. The van der Waals surface area contributed by atoms with E-state index >= 15 is 0 Å². The van der Waals surface area contributed by atoms with E-state index in [1.54, 1.807) is 0 Å². The van der Waals surface area contributed by atoms with Crippen molar-refractivity contribution in [2.24, 2.45) is 0 Å². The van der Waals surface area contributed by atoms with E-state index in [4.69, 9.17) is 14.6 Å². The van der Waals surface area contributed by atoms with Crippen molar-refractivity contribution >= 4 is 6.47 Å². The van der Waals surface area contributed by atoms with Gasteiger partial charge in [-0.2, -0.15) is 0 Å². The summed E-state index contributed by atoms with van der Waals surface area (Å²) in [6, 6.07) is 24.6. The molecule has 0 unspecified atom stereocenters. The van der Waals surface area contributed by atoms with Crippen LogP contribution in [0, 0.1) is 0 Å². The van der Waals surface area contributed by atoms with Crippen LogP contribution >= 0.6 is 0 Å². The Morgan fingerprint density at radius 1 is 0.923 bits per heavy atom. The number of aromatic nitrogens is 1. The predicted octanol–water partition coefficient (Wildman–Crippen LogP) is 4.98. The van der Waals surface area contributed by atoms with Crippen LogP contribution in [0.25, 0.3) is 11.3 Å². The monoisotopic (exact) mass is 349 g/mol. The average molecular weight is 349 g/mol. The number of aryl methyl sites for hydroxylation is 1. The third-order valence-electron chi connectivity index (χ3n) is 3.74. The second-order valence-corrected chi connectivity index (χ2v) is 5.69. The van der Waals surface area contributed by atoms with Crippen molar-refractivity contribution in [3.63, 3.8) is 0 Å². The van der Waals surface area contributed by atoms with Gasteiger partial charge in [0.25, 0.3) is 6.47 Å². The van der Waals surface area contributed by atoms with Gasteiger partial charge >= 0.3 is 0 Å². The van der Waals surface area contributed by atoms with Gasteiger partial charge in [-0.25, -0.2) is 4.98 Å². The van der Waals surface area contributed by atoms with Gasteiger partial charge in [-0.1, -0.05) is 74.0 Å². The zero-order valence-corrected chi connectivity index (χ0v) is 14.8. The summed E-state index contributed by atoms with van der Waals surface area (Å²) in [5, 5.41) is 6.89. The molecule has 0 radical (unpaired) electrons. The molecule has 1 aromatic heterocycles. The molecule has 0 aliphatic heterocycles. The summed E-state index contributed by atoms with van der Waals surface area (Å²) < 4.78 is 5.84. The van der Waals surface area contributed by atoms with Gasteiger partial charge in [-0.05, 0) is 23.6 Å². The Morgan fingerprint density at radius 2 is 1.58 bits per heavy atom. The van der Waals surface area contributed by atoms with Crippen LogP contribution in [0.15, 0.2) is 72.8 Å². The fourth-order valence-corrected chi connectivity index (χ4v) is 2.51. The van der Waals surface area contributed by atoms with Crippen LogP contribution in [-0.4, -0.2) is 16.6 Å². The largest absolute Gasteiger partial charge is 0.483 e. The molecule has 0 saturated carbocycles. The van der Waals surface area contributed by atoms with Gasteiger partial charge in [0, 0.05) is 11.6 Å². The van der Waals surface area contributed by atoms with Crippen molar-refractivity contribution in [1.82, 2.24) is 4.98 Å². The molecule has 1 heterocycles. The van der Waals surface area contributed by atoms with Crippen molar-refractivity contribution < 1.29 is 14.6 Å². The molecule has 2 aromatic carbocycles. The van der Waals surface area contributed by atoms with Gasteiger partial charge in [-0.3, -0.25) is 4.79 Å². The highest BCUT2D eigenvalue weighted by atomic mass is 16.5. The van der Waals surface area contributed by atoms with Crippen molar-refractivity contribution in [1.29, 1.82) is 0 Å².